The summed E-state index contributed by atoms with van der Waals surface area (Å²) >= 11 is 0. The van der Waals surface area contributed by atoms with Crippen molar-refractivity contribution in [2.24, 2.45) is 5.41 Å². The zero-order valence-electron chi connectivity index (χ0n) is 16.8. The van der Waals surface area contributed by atoms with E-state index in [2.05, 4.69) is 5.32 Å². The minimum atomic E-state index is -1.54. The minimum absolute atomic E-state index is 0.00134. The lowest BCUT2D eigenvalue weighted by atomic mass is 9.85. The third-order valence-corrected chi connectivity index (χ3v) is 5.36. The second-order valence-electron chi connectivity index (χ2n) is 7.26. The Bertz CT molecular complexity index is 869. The summed E-state index contributed by atoms with van der Waals surface area (Å²) in [6.45, 7) is 4.02. The Morgan fingerprint density at radius 2 is 1.72 bits per heavy atom. The Labute approximate surface area is 170 Å². The van der Waals surface area contributed by atoms with Gasteiger partial charge in [-0.3, -0.25) is 14.4 Å². The Kier molecular flexibility index (Phi) is 6.32. The molecular formula is C23H26N2O4. The van der Waals surface area contributed by atoms with Gasteiger partial charge in [0.25, 0.3) is 0 Å². The molecule has 6 nitrogen and oxygen atoms in total. The van der Waals surface area contributed by atoms with E-state index in [1.165, 1.54) is 0 Å². The zero-order chi connectivity index (χ0) is 20.9. The van der Waals surface area contributed by atoms with Gasteiger partial charge in [0.1, 0.15) is 0 Å². The third kappa shape index (κ3) is 4.31. The number of nitrogens with one attached hydrogen (secondary N) is 1. The number of nitrogens with zero attached hydrogens (tertiary/aromatic N) is 1. The molecule has 0 spiro atoms. The van der Waals surface area contributed by atoms with Crippen LogP contribution in [0.3, 0.4) is 0 Å². The Morgan fingerprint density at radius 1 is 1.10 bits per heavy atom. The van der Waals surface area contributed by atoms with E-state index in [0.29, 0.717) is 0 Å². The fourth-order valence-electron chi connectivity index (χ4n) is 3.66. The molecule has 0 bridgehead atoms. The normalized spacial score (nSPS) is 19.7. The number of likely N-dealkylation sites (tertiary alicyclic amines) is 1. The lowest BCUT2D eigenvalue weighted by Gasteiger charge is -2.28. The van der Waals surface area contributed by atoms with Crippen molar-refractivity contribution in [2.45, 2.75) is 32.9 Å². The molecule has 1 N–H and O–H groups in total. The van der Waals surface area contributed by atoms with Gasteiger partial charge in [-0.15, -0.1) is 0 Å². The van der Waals surface area contributed by atoms with E-state index >= 15 is 0 Å². The summed E-state index contributed by atoms with van der Waals surface area (Å²) in [6.07, 6.45) is -0.191. The van der Waals surface area contributed by atoms with Crippen LogP contribution in [-0.4, -0.2) is 35.8 Å². The molecule has 29 heavy (non-hydrogen) atoms. The summed E-state index contributed by atoms with van der Waals surface area (Å²) in [5, 5.41) is 2.82. The van der Waals surface area contributed by atoms with Crippen molar-refractivity contribution in [3.63, 3.8) is 0 Å². The van der Waals surface area contributed by atoms with Gasteiger partial charge in [-0.05, 0) is 25.0 Å². The number of hydrogen-bond donors (Lipinski definition) is 1. The zero-order valence-corrected chi connectivity index (χ0v) is 16.8. The molecular weight excluding hydrogens is 368 g/mol. The number of amides is 2. The van der Waals surface area contributed by atoms with Gasteiger partial charge in [-0.1, -0.05) is 60.7 Å². The maximum absolute atomic E-state index is 13.1. The highest BCUT2D eigenvalue weighted by atomic mass is 16.5. The molecule has 2 aromatic rings. The summed E-state index contributed by atoms with van der Waals surface area (Å²) in [5.41, 5.74) is 0.328. The maximum atomic E-state index is 13.1. The molecule has 6 heteroatoms. The van der Waals surface area contributed by atoms with Crippen LogP contribution in [0.5, 0.6) is 0 Å². The fourth-order valence-corrected chi connectivity index (χ4v) is 3.66. The van der Waals surface area contributed by atoms with Crippen molar-refractivity contribution < 1.29 is 19.1 Å². The molecule has 1 aliphatic rings. The van der Waals surface area contributed by atoms with Crippen molar-refractivity contribution in [3.05, 3.63) is 71.8 Å². The second-order valence-corrected chi connectivity index (χ2v) is 7.26. The quantitative estimate of drug-likeness (QED) is 0.579. The molecule has 1 aliphatic heterocycles. The van der Waals surface area contributed by atoms with Crippen LogP contribution in [0.25, 0.3) is 0 Å². The molecule has 1 fully saturated rings. The van der Waals surface area contributed by atoms with E-state index < -0.39 is 17.3 Å². The van der Waals surface area contributed by atoms with Crippen molar-refractivity contribution in [2.75, 3.05) is 13.2 Å². The molecule has 3 rings (SSSR count). The van der Waals surface area contributed by atoms with Crippen molar-refractivity contribution in [1.29, 1.82) is 0 Å². The van der Waals surface area contributed by atoms with Crippen LogP contribution in [0.4, 0.5) is 0 Å². The van der Waals surface area contributed by atoms with Crippen LogP contribution < -0.4 is 5.32 Å². The molecule has 2 amide bonds. The van der Waals surface area contributed by atoms with Gasteiger partial charge in [0.2, 0.25) is 11.8 Å². The van der Waals surface area contributed by atoms with E-state index in [9.17, 15) is 14.4 Å². The highest BCUT2D eigenvalue weighted by Crippen LogP contribution is 2.38. The van der Waals surface area contributed by atoms with Crippen LogP contribution in [0.2, 0.25) is 0 Å². The lowest BCUT2D eigenvalue weighted by Crippen LogP contribution is -2.49. The van der Waals surface area contributed by atoms with E-state index in [-0.39, 0.29) is 38.1 Å². The molecule has 0 unspecified atom stereocenters. The van der Waals surface area contributed by atoms with E-state index in [0.717, 1.165) is 11.1 Å². The first-order valence-electron chi connectivity index (χ1n) is 9.82. The predicted octanol–water partition coefficient (Wildman–Crippen LogP) is 2.85. The molecule has 0 aromatic heterocycles. The van der Waals surface area contributed by atoms with E-state index in [1.54, 1.807) is 11.8 Å². The Morgan fingerprint density at radius 3 is 2.34 bits per heavy atom. The third-order valence-electron chi connectivity index (χ3n) is 5.36. The molecule has 1 heterocycles. The van der Waals surface area contributed by atoms with Crippen LogP contribution in [0, 0.1) is 5.41 Å². The molecule has 1 saturated heterocycles. The number of esters is 1. The first-order chi connectivity index (χ1) is 14.0. The molecule has 152 valence electrons. The van der Waals surface area contributed by atoms with Gasteiger partial charge in [-0.25, -0.2) is 0 Å². The predicted molar refractivity (Wildman–Crippen MR) is 109 cm³/mol. The van der Waals surface area contributed by atoms with Crippen LogP contribution in [-0.2, 0) is 25.7 Å². The Hall–Kier alpha value is -3.15. The molecule has 0 saturated carbocycles. The average Bonchev–Trinajstić information content (AvgIpc) is 3.11. The van der Waals surface area contributed by atoms with Crippen molar-refractivity contribution in [3.8, 4) is 0 Å². The van der Waals surface area contributed by atoms with Crippen molar-refractivity contribution in [1.82, 2.24) is 10.2 Å². The lowest BCUT2D eigenvalue weighted by molar-refractivity contribution is -0.160. The molecule has 0 aliphatic carbocycles. The number of hydrogen-bond acceptors (Lipinski definition) is 4. The highest BCUT2D eigenvalue weighted by molar-refractivity contribution is 6.08. The topological polar surface area (TPSA) is 75.7 Å². The first kappa shape index (κ1) is 20.6. The molecule has 2 aromatic carbocycles. The smallest absolute Gasteiger partial charge is 0.324 e. The summed E-state index contributed by atoms with van der Waals surface area (Å²) in [7, 11) is 0. The molecule has 2 atom stereocenters. The van der Waals surface area contributed by atoms with Crippen LogP contribution in [0.15, 0.2) is 60.7 Å². The summed E-state index contributed by atoms with van der Waals surface area (Å²) in [4.78, 5) is 40.3. The van der Waals surface area contributed by atoms with E-state index in [1.807, 2.05) is 67.6 Å². The van der Waals surface area contributed by atoms with Crippen LogP contribution >= 0.6 is 0 Å². The van der Waals surface area contributed by atoms with Gasteiger partial charge in [-0.2, -0.15) is 0 Å². The monoisotopic (exact) mass is 394 g/mol. The fraction of sp³-hybridized carbons (Fsp3) is 0.348. The standard InChI is InChI=1S/C23H26N2O4/c1-3-29-22(28)23(21(27)24-15-18-10-6-4-7-11-18)14-20(26)25(16-23)17(2)19-12-8-5-9-13-19/h4-13,17H,3,14-16H2,1-2H3,(H,24,27)/t17-,23+/m0/s1. The highest BCUT2D eigenvalue weighted by Gasteiger charge is 2.56. The Balaban J connectivity index is 1.82. The minimum Gasteiger partial charge on any atom is -0.465 e. The van der Waals surface area contributed by atoms with Crippen molar-refractivity contribution >= 4 is 17.8 Å². The van der Waals surface area contributed by atoms with Gasteiger partial charge < -0.3 is 15.0 Å². The first-order valence-corrected chi connectivity index (χ1v) is 9.82. The molecule has 0 radical (unpaired) electrons. The number of carbonyl (C=O) groups excluding carboxylic acids is 3. The number of ether oxygens (including phenoxy) is 1. The number of benzene rings is 2. The van der Waals surface area contributed by atoms with Gasteiger partial charge >= 0.3 is 5.97 Å². The van der Waals surface area contributed by atoms with Gasteiger partial charge in [0, 0.05) is 13.1 Å². The van der Waals surface area contributed by atoms with E-state index in [4.69, 9.17) is 4.74 Å². The second kappa shape index (κ2) is 8.90. The summed E-state index contributed by atoms with van der Waals surface area (Å²) in [5.74, 6) is -1.36. The number of rotatable bonds is 7. The van der Waals surface area contributed by atoms with Gasteiger partial charge in [0.15, 0.2) is 5.41 Å². The largest absolute Gasteiger partial charge is 0.465 e. The number of carbonyl (C=O) groups is 3. The van der Waals surface area contributed by atoms with Gasteiger partial charge in [0.05, 0.1) is 19.1 Å². The maximum Gasteiger partial charge on any atom is 0.324 e. The summed E-state index contributed by atoms with van der Waals surface area (Å²) < 4.78 is 5.21. The average molecular weight is 394 g/mol. The SMILES string of the molecule is CCOC(=O)[C@]1(C(=O)NCc2ccccc2)CC(=O)N([C@@H](C)c2ccccc2)C1. The summed E-state index contributed by atoms with van der Waals surface area (Å²) in [6, 6.07) is 18.7. The van der Waals surface area contributed by atoms with Crippen LogP contribution in [0.1, 0.15) is 37.4 Å².